The van der Waals surface area contributed by atoms with Crippen LogP contribution in [0.1, 0.15) is 142 Å². The van der Waals surface area contributed by atoms with Gasteiger partial charge in [-0.15, -0.1) is 0 Å². The normalized spacial score (nSPS) is 13.4. The van der Waals surface area contributed by atoms with Crippen LogP contribution in [0.25, 0.3) is 5.57 Å². The highest BCUT2D eigenvalue weighted by atomic mass is 32.2. The van der Waals surface area contributed by atoms with Gasteiger partial charge in [-0.3, -0.25) is 0 Å². The molecule has 1 aliphatic carbocycles. The molecule has 3 rings (SSSR count). The summed E-state index contributed by atoms with van der Waals surface area (Å²) >= 11 is 0. The van der Waals surface area contributed by atoms with Gasteiger partial charge in [-0.05, 0) is 96.7 Å². The molecule has 0 amide bonds. The summed E-state index contributed by atoms with van der Waals surface area (Å²) in [5, 5.41) is 0. The summed E-state index contributed by atoms with van der Waals surface area (Å²) in [5.41, 5.74) is 11.0. The van der Waals surface area contributed by atoms with E-state index in [0.717, 1.165) is 120 Å². The van der Waals surface area contributed by atoms with Crippen LogP contribution in [0.4, 0.5) is 5.69 Å². The number of benzene rings is 2. The minimum Gasteiger partial charge on any atom is -0.744 e. The maximum atomic E-state index is 12.8. The van der Waals surface area contributed by atoms with Crippen molar-refractivity contribution in [2.24, 2.45) is 0 Å². The monoisotopic (exact) mass is 688 g/mol. The molecule has 0 unspecified atom stereocenters. The second-order valence-electron chi connectivity index (χ2n) is 13.4. The lowest BCUT2D eigenvalue weighted by Crippen LogP contribution is -2.28. The van der Waals surface area contributed by atoms with Crippen molar-refractivity contribution in [3.63, 3.8) is 0 Å². The topological polar surface area (TPSA) is 63.5 Å². The number of nitrogens with zero attached hydrogens (tertiary/aromatic N) is 2. The molecule has 0 aliphatic heterocycles. The van der Waals surface area contributed by atoms with Gasteiger partial charge >= 0.3 is 0 Å². The summed E-state index contributed by atoms with van der Waals surface area (Å²) in [4.78, 5) is 2.43. The lowest BCUT2D eigenvalue weighted by Gasteiger charge is -2.31. The Morgan fingerprint density at radius 1 is 0.694 bits per heavy atom. The van der Waals surface area contributed by atoms with Gasteiger partial charge in [0.2, 0.25) is 5.71 Å². The summed E-state index contributed by atoms with van der Waals surface area (Å²) in [6, 6.07) is 11.4. The number of hydrogen-bond acceptors (Lipinski definition) is 4. The SMILES string of the molecule is CCCCN(CCCC)c1c(CC)cc(C(=C2C=C(CC)C(=[N+](CCCC)CCCC)C(CC)=C2)c2ccccc2S(=O)(=O)[O-])cc1CC. The van der Waals surface area contributed by atoms with E-state index in [1.807, 2.05) is 12.1 Å². The molecular formula is C43H64N2O3S. The Kier molecular flexibility index (Phi) is 16.5. The number of hydrogen-bond donors (Lipinski definition) is 0. The molecule has 0 heterocycles. The average Bonchev–Trinajstić information content (AvgIpc) is 3.11. The molecule has 0 spiro atoms. The molecule has 0 fully saturated rings. The number of allylic oxidation sites excluding steroid dienone is 5. The zero-order chi connectivity index (χ0) is 36.0. The zero-order valence-electron chi connectivity index (χ0n) is 32.0. The van der Waals surface area contributed by atoms with Crippen LogP contribution in [0.15, 0.2) is 70.2 Å². The van der Waals surface area contributed by atoms with E-state index in [0.29, 0.717) is 5.56 Å². The van der Waals surface area contributed by atoms with E-state index in [4.69, 9.17) is 0 Å². The van der Waals surface area contributed by atoms with Gasteiger partial charge in [-0.25, -0.2) is 13.0 Å². The summed E-state index contributed by atoms with van der Waals surface area (Å²) < 4.78 is 41.0. The van der Waals surface area contributed by atoms with Gasteiger partial charge in [0, 0.05) is 48.3 Å². The third kappa shape index (κ3) is 10.3. The number of anilines is 1. The molecule has 5 nitrogen and oxygen atoms in total. The molecule has 1 aliphatic rings. The Bertz CT molecular complexity index is 1560. The van der Waals surface area contributed by atoms with Gasteiger partial charge in [0.05, 0.1) is 4.90 Å². The third-order valence-corrected chi connectivity index (χ3v) is 10.7. The second kappa shape index (κ2) is 20.0. The fourth-order valence-electron chi connectivity index (χ4n) is 7.13. The number of aryl methyl sites for hydroxylation is 2. The van der Waals surface area contributed by atoms with E-state index in [1.165, 1.54) is 39.7 Å². The maximum absolute atomic E-state index is 12.8. The quantitative estimate of drug-likeness (QED) is 0.103. The lowest BCUT2D eigenvalue weighted by atomic mass is 9.83. The third-order valence-electron chi connectivity index (χ3n) is 9.82. The molecule has 6 heteroatoms. The standard InChI is InChI=1S/C43H64N2O3S/c1-9-17-25-44(26-18-10-2)42-33(13-5)29-37(30-34(42)14-6)41(39-23-21-22-24-40(39)49(46,47)48)38-31-35(15-7)43(36(16-8)32-38)45(27-19-11-3)28-20-12-4/h21-24,29-32H,9-20,25-28H2,1-8H3. The van der Waals surface area contributed by atoms with Crippen LogP contribution in [0.3, 0.4) is 0 Å². The molecule has 0 saturated heterocycles. The van der Waals surface area contributed by atoms with Gasteiger partial charge in [-0.1, -0.05) is 99.3 Å². The molecule has 49 heavy (non-hydrogen) atoms. The first kappa shape index (κ1) is 40.5. The minimum atomic E-state index is -4.73. The van der Waals surface area contributed by atoms with Crippen LogP contribution < -0.4 is 4.90 Å². The molecule has 2 aromatic carbocycles. The van der Waals surface area contributed by atoms with Crippen LogP contribution in [0, 0.1) is 0 Å². The van der Waals surface area contributed by atoms with Gasteiger partial charge < -0.3 is 9.45 Å². The summed E-state index contributed by atoms with van der Waals surface area (Å²) in [7, 11) is -4.73. The second-order valence-corrected chi connectivity index (χ2v) is 14.8. The summed E-state index contributed by atoms with van der Waals surface area (Å²) in [5.74, 6) is 0. The predicted octanol–water partition coefficient (Wildman–Crippen LogP) is 10.7. The highest BCUT2D eigenvalue weighted by Crippen LogP contribution is 2.40. The first-order chi connectivity index (χ1) is 23.6. The maximum Gasteiger partial charge on any atom is 0.206 e. The van der Waals surface area contributed by atoms with E-state index >= 15 is 0 Å². The summed E-state index contributed by atoms with van der Waals surface area (Å²) in [6.07, 6.45) is 17.2. The molecular weight excluding hydrogens is 625 g/mol. The zero-order valence-corrected chi connectivity index (χ0v) is 32.8. The molecule has 2 aromatic rings. The molecule has 0 bridgehead atoms. The van der Waals surface area contributed by atoms with Crippen molar-refractivity contribution in [2.45, 2.75) is 137 Å². The molecule has 0 radical (unpaired) electrons. The smallest absolute Gasteiger partial charge is 0.206 e. The highest BCUT2D eigenvalue weighted by Gasteiger charge is 2.28. The first-order valence-corrected chi connectivity index (χ1v) is 20.8. The number of rotatable bonds is 20. The molecule has 0 atom stereocenters. The van der Waals surface area contributed by atoms with Crippen molar-refractivity contribution in [1.82, 2.24) is 0 Å². The van der Waals surface area contributed by atoms with Crippen molar-refractivity contribution in [3.05, 3.63) is 87.5 Å². The predicted molar refractivity (Wildman–Crippen MR) is 209 cm³/mol. The van der Waals surface area contributed by atoms with Gasteiger partial charge in [-0.2, -0.15) is 0 Å². The molecule has 0 saturated carbocycles. The van der Waals surface area contributed by atoms with E-state index < -0.39 is 10.1 Å². The largest absolute Gasteiger partial charge is 0.744 e. The van der Waals surface area contributed by atoms with Crippen molar-refractivity contribution < 1.29 is 17.5 Å². The van der Waals surface area contributed by atoms with Gasteiger partial charge in [0.1, 0.15) is 23.2 Å². The van der Waals surface area contributed by atoms with Gasteiger partial charge in [0.15, 0.2) is 0 Å². The summed E-state index contributed by atoms with van der Waals surface area (Å²) in [6.45, 7) is 22.0. The van der Waals surface area contributed by atoms with Crippen LogP contribution in [-0.2, 0) is 23.0 Å². The van der Waals surface area contributed by atoms with Crippen LogP contribution in [0.5, 0.6) is 0 Å². The van der Waals surface area contributed by atoms with Crippen LogP contribution in [0.2, 0.25) is 0 Å². The Hall–Kier alpha value is -2.96. The molecule has 0 N–H and O–H groups in total. The number of unbranched alkanes of at least 4 members (excludes halogenated alkanes) is 4. The van der Waals surface area contributed by atoms with E-state index in [-0.39, 0.29) is 4.90 Å². The van der Waals surface area contributed by atoms with Crippen LogP contribution >= 0.6 is 0 Å². The Labute approximate surface area is 299 Å². The van der Waals surface area contributed by atoms with Crippen molar-refractivity contribution in [2.75, 3.05) is 31.1 Å². The minimum absolute atomic E-state index is 0.162. The van der Waals surface area contributed by atoms with Crippen LogP contribution in [-0.4, -0.2) is 49.4 Å². The van der Waals surface area contributed by atoms with Crippen molar-refractivity contribution in [1.29, 1.82) is 0 Å². The van der Waals surface area contributed by atoms with E-state index in [9.17, 15) is 13.0 Å². The van der Waals surface area contributed by atoms with Crippen molar-refractivity contribution >= 4 is 27.1 Å². The van der Waals surface area contributed by atoms with E-state index in [1.54, 1.807) is 6.07 Å². The van der Waals surface area contributed by atoms with Gasteiger partial charge in [0.25, 0.3) is 0 Å². The fourth-order valence-corrected chi connectivity index (χ4v) is 7.82. The highest BCUT2D eigenvalue weighted by molar-refractivity contribution is 7.85. The van der Waals surface area contributed by atoms with Crippen molar-refractivity contribution in [3.8, 4) is 0 Å². The first-order valence-electron chi connectivity index (χ1n) is 19.4. The van der Waals surface area contributed by atoms with E-state index in [2.05, 4.69) is 89.2 Å². The Balaban J connectivity index is 2.50. The Morgan fingerprint density at radius 2 is 1.18 bits per heavy atom. The fraction of sp³-hybridized carbons (Fsp3) is 0.558. The molecule has 270 valence electrons. The lowest BCUT2D eigenvalue weighted by molar-refractivity contribution is -0.528. The Morgan fingerprint density at radius 3 is 1.61 bits per heavy atom. The molecule has 0 aromatic heterocycles. The average molecular weight is 689 g/mol.